The monoisotopic (exact) mass is 237 g/mol. The molecule has 4 nitrogen and oxygen atoms in total. The Morgan fingerprint density at radius 1 is 1.41 bits per heavy atom. The van der Waals surface area contributed by atoms with E-state index in [1.807, 2.05) is 26.8 Å². The van der Waals surface area contributed by atoms with Crippen molar-refractivity contribution in [1.29, 1.82) is 0 Å². The lowest BCUT2D eigenvalue weighted by atomic mass is 10.1. The summed E-state index contributed by atoms with van der Waals surface area (Å²) in [7, 11) is 0. The van der Waals surface area contributed by atoms with Crippen LogP contribution < -0.4 is 5.32 Å². The first-order valence-corrected chi connectivity index (χ1v) is 5.60. The molecule has 1 rings (SSSR count). The van der Waals surface area contributed by atoms with Gasteiger partial charge in [0.1, 0.15) is 5.75 Å². The number of rotatable bonds is 3. The van der Waals surface area contributed by atoms with Gasteiger partial charge in [-0.15, -0.1) is 0 Å². The molecule has 0 unspecified atom stereocenters. The number of amides is 1. The van der Waals surface area contributed by atoms with E-state index in [9.17, 15) is 9.90 Å². The number of carbonyl (C=O) groups excluding carboxylic acids is 1. The summed E-state index contributed by atoms with van der Waals surface area (Å²) in [5, 5.41) is 12.0. The Labute approximate surface area is 102 Å². The number of nitrogens with one attached hydrogen (secondary N) is 1. The van der Waals surface area contributed by atoms with Gasteiger partial charge in [0.15, 0.2) is 0 Å². The zero-order valence-electron chi connectivity index (χ0n) is 10.5. The number of hydrogen-bond donors (Lipinski definition) is 2. The Hall–Kier alpha value is -1.71. The second-order valence-corrected chi connectivity index (χ2v) is 4.93. The molecule has 0 aliphatic carbocycles. The molecule has 0 radical (unpaired) electrons. The van der Waals surface area contributed by atoms with E-state index < -0.39 is 6.09 Å². The molecule has 4 heteroatoms. The second kappa shape index (κ2) is 5.57. The molecule has 0 saturated carbocycles. The molecule has 0 spiro atoms. The summed E-state index contributed by atoms with van der Waals surface area (Å²) in [6, 6.07) is 6.91. The molecule has 0 aliphatic heterocycles. The van der Waals surface area contributed by atoms with Crippen molar-refractivity contribution < 1.29 is 14.6 Å². The number of alkyl carbamates (subject to hydrolysis) is 1. The summed E-state index contributed by atoms with van der Waals surface area (Å²) in [4.78, 5) is 11.3. The Morgan fingerprint density at radius 2 is 2.12 bits per heavy atom. The van der Waals surface area contributed by atoms with Gasteiger partial charge in [0.25, 0.3) is 0 Å². The molecule has 0 bridgehead atoms. The minimum absolute atomic E-state index is 0.224. The maximum absolute atomic E-state index is 11.3. The summed E-state index contributed by atoms with van der Waals surface area (Å²) in [6.07, 6.45) is 0.170. The molecular weight excluding hydrogens is 218 g/mol. The highest BCUT2D eigenvalue weighted by atomic mass is 16.5. The average Bonchev–Trinajstić information content (AvgIpc) is 2.14. The van der Waals surface area contributed by atoms with Crippen molar-refractivity contribution in [1.82, 2.24) is 5.32 Å². The van der Waals surface area contributed by atoms with E-state index in [4.69, 9.17) is 4.74 Å². The van der Waals surface area contributed by atoms with Crippen LogP contribution in [0.25, 0.3) is 0 Å². The molecular formula is C13H19NO3. The topological polar surface area (TPSA) is 58.6 Å². The smallest absolute Gasteiger partial charge is 0.407 e. The molecule has 1 amide bonds. The number of hydrogen-bond acceptors (Lipinski definition) is 3. The number of ether oxygens (including phenoxy) is 1. The number of phenols is 1. The fourth-order valence-electron chi connectivity index (χ4n) is 1.32. The third-order valence-electron chi connectivity index (χ3n) is 2.01. The first-order chi connectivity index (χ1) is 7.87. The van der Waals surface area contributed by atoms with Gasteiger partial charge in [-0.25, -0.2) is 4.79 Å². The average molecular weight is 237 g/mol. The van der Waals surface area contributed by atoms with Gasteiger partial charge in [-0.3, -0.25) is 0 Å². The number of phenolic OH excluding ortho intramolecular Hbond substituents is 1. The molecule has 0 atom stereocenters. The van der Waals surface area contributed by atoms with Gasteiger partial charge in [-0.05, 0) is 38.5 Å². The molecule has 1 aromatic rings. The van der Waals surface area contributed by atoms with Gasteiger partial charge >= 0.3 is 6.09 Å². The van der Waals surface area contributed by atoms with Crippen molar-refractivity contribution in [2.24, 2.45) is 0 Å². The SMILES string of the molecule is CC(C)(C)NC(=O)OCCc1cccc(O)c1. The van der Waals surface area contributed by atoms with Crippen molar-refractivity contribution in [2.45, 2.75) is 32.7 Å². The largest absolute Gasteiger partial charge is 0.508 e. The van der Waals surface area contributed by atoms with Crippen LogP contribution in [0.3, 0.4) is 0 Å². The van der Waals surface area contributed by atoms with E-state index in [2.05, 4.69) is 5.32 Å². The predicted molar refractivity (Wildman–Crippen MR) is 66.0 cm³/mol. The normalized spacial score (nSPS) is 11.0. The lowest BCUT2D eigenvalue weighted by molar-refractivity contribution is 0.139. The van der Waals surface area contributed by atoms with Crippen LogP contribution in [0.15, 0.2) is 24.3 Å². The summed E-state index contributed by atoms with van der Waals surface area (Å²) >= 11 is 0. The van der Waals surface area contributed by atoms with Crippen LogP contribution in [0.2, 0.25) is 0 Å². The number of benzene rings is 1. The molecule has 1 aromatic carbocycles. The van der Waals surface area contributed by atoms with Crippen LogP contribution in [0.5, 0.6) is 5.75 Å². The highest BCUT2D eigenvalue weighted by Crippen LogP contribution is 2.11. The maximum atomic E-state index is 11.3. The number of aromatic hydroxyl groups is 1. The molecule has 2 N–H and O–H groups in total. The fourth-order valence-corrected chi connectivity index (χ4v) is 1.32. The molecule has 0 fully saturated rings. The zero-order chi connectivity index (χ0) is 12.9. The van der Waals surface area contributed by atoms with Gasteiger partial charge < -0.3 is 15.2 Å². The van der Waals surface area contributed by atoms with Crippen LogP contribution in [-0.4, -0.2) is 23.3 Å². The van der Waals surface area contributed by atoms with E-state index in [1.165, 1.54) is 0 Å². The van der Waals surface area contributed by atoms with E-state index in [-0.39, 0.29) is 11.3 Å². The third-order valence-corrected chi connectivity index (χ3v) is 2.01. The zero-order valence-corrected chi connectivity index (χ0v) is 10.5. The lowest BCUT2D eigenvalue weighted by Crippen LogP contribution is -2.41. The maximum Gasteiger partial charge on any atom is 0.407 e. The van der Waals surface area contributed by atoms with Gasteiger partial charge in [0.2, 0.25) is 0 Å². The van der Waals surface area contributed by atoms with Crippen LogP contribution in [0, 0.1) is 0 Å². The minimum atomic E-state index is -0.419. The minimum Gasteiger partial charge on any atom is -0.508 e. The molecule has 94 valence electrons. The van der Waals surface area contributed by atoms with Crippen molar-refractivity contribution in [3.05, 3.63) is 29.8 Å². The van der Waals surface area contributed by atoms with Crippen molar-refractivity contribution in [3.63, 3.8) is 0 Å². The van der Waals surface area contributed by atoms with E-state index >= 15 is 0 Å². The summed E-state index contributed by atoms with van der Waals surface area (Å²) in [5.41, 5.74) is 0.649. The Bertz CT molecular complexity index is 382. The van der Waals surface area contributed by atoms with Gasteiger partial charge in [0, 0.05) is 12.0 Å². The fraction of sp³-hybridized carbons (Fsp3) is 0.462. The first kappa shape index (κ1) is 13.4. The van der Waals surface area contributed by atoms with Crippen molar-refractivity contribution in [3.8, 4) is 5.75 Å². The van der Waals surface area contributed by atoms with E-state index in [1.54, 1.807) is 18.2 Å². The van der Waals surface area contributed by atoms with Crippen LogP contribution in [0.1, 0.15) is 26.3 Å². The molecule has 17 heavy (non-hydrogen) atoms. The van der Waals surface area contributed by atoms with Crippen LogP contribution in [0.4, 0.5) is 4.79 Å². The van der Waals surface area contributed by atoms with E-state index in [0.717, 1.165) is 5.56 Å². The van der Waals surface area contributed by atoms with Crippen LogP contribution in [-0.2, 0) is 11.2 Å². The summed E-state index contributed by atoms with van der Waals surface area (Å²) < 4.78 is 5.03. The molecule has 0 saturated heterocycles. The first-order valence-electron chi connectivity index (χ1n) is 5.60. The van der Waals surface area contributed by atoms with Gasteiger partial charge in [-0.2, -0.15) is 0 Å². The van der Waals surface area contributed by atoms with Crippen LogP contribution >= 0.6 is 0 Å². The lowest BCUT2D eigenvalue weighted by Gasteiger charge is -2.19. The van der Waals surface area contributed by atoms with Gasteiger partial charge in [0.05, 0.1) is 6.61 Å². The standard InChI is InChI=1S/C13H19NO3/c1-13(2,3)14-12(16)17-8-7-10-5-4-6-11(15)9-10/h4-6,9,15H,7-8H2,1-3H3,(H,14,16). The number of carbonyl (C=O) groups is 1. The highest BCUT2D eigenvalue weighted by Gasteiger charge is 2.14. The quantitative estimate of drug-likeness (QED) is 0.849. The molecule has 0 aliphatic rings. The molecule has 0 heterocycles. The van der Waals surface area contributed by atoms with Gasteiger partial charge in [-0.1, -0.05) is 12.1 Å². The third kappa shape index (κ3) is 5.80. The van der Waals surface area contributed by atoms with Crippen molar-refractivity contribution >= 4 is 6.09 Å². The second-order valence-electron chi connectivity index (χ2n) is 4.93. The molecule has 0 aromatic heterocycles. The Kier molecular flexibility index (Phi) is 4.37. The highest BCUT2D eigenvalue weighted by molar-refractivity contribution is 5.68. The summed E-state index contributed by atoms with van der Waals surface area (Å²) in [5.74, 6) is 0.224. The summed E-state index contributed by atoms with van der Waals surface area (Å²) in [6.45, 7) is 5.97. The predicted octanol–water partition coefficient (Wildman–Crippen LogP) is 2.46. The van der Waals surface area contributed by atoms with Crippen molar-refractivity contribution in [2.75, 3.05) is 6.61 Å². The van der Waals surface area contributed by atoms with E-state index in [0.29, 0.717) is 13.0 Å². The Morgan fingerprint density at radius 3 is 2.71 bits per heavy atom. The Balaban J connectivity index is 2.31.